The molecule has 1 heterocycles. The van der Waals surface area contributed by atoms with E-state index in [9.17, 15) is 8.42 Å². The SMILES string of the molecule is CCCCCC(CNC(C)(C)C)C1CCS(=O)(=O)C1. The molecule has 0 aromatic rings. The van der Waals surface area contributed by atoms with Gasteiger partial charge in [0.1, 0.15) is 0 Å². The van der Waals surface area contributed by atoms with Crippen LogP contribution in [0.25, 0.3) is 0 Å². The average molecular weight is 289 g/mol. The van der Waals surface area contributed by atoms with E-state index in [0.29, 0.717) is 23.3 Å². The Morgan fingerprint density at radius 3 is 2.42 bits per heavy atom. The monoisotopic (exact) mass is 289 g/mol. The summed E-state index contributed by atoms with van der Waals surface area (Å²) in [6, 6.07) is 0. The third-order valence-electron chi connectivity index (χ3n) is 4.01. The first-order valence-electron chi connectivity index (χ1n) is 7.69. The van der Waals surface area contributed by atoms with Crippen molar-refractivity contribution in [3.8, 4) is 0 Å². The Hall–Kier alpha value is -0.0900. The van der Waals surface area contributed by atoms with Crippen LogP contribution < -0.4 is 5.32 Å². The standard InChI is InChI=1S/C15H31NO2S/c1-5-6-7-8-13(11-16-15(2,3)4)14-9-10-19(17,18)12-14/h13-14,16H,5-12H2,1-4H3. The Morgan fingerprint density at radius 1 is 1.26 bits per heavy atom. The average Bonchev–Trinajstić information content (AvgIpc) is 2.62. The maximum absolute atomic E-state index is 11.7. The van der Waals surface area contributed by atoms with Crippen molar-refractivity contribution in [2.45, 2.75) is 65.3 Å². The zero-order chi connectivity index (χ0) is 14.5. The van der Waals surface area contributed by atoms with Crippen LogP contribution in [0.3, 0.4) is 0 Å². The minimum atomic E-state index is -2.75. The van der Waals surface area contributed by atoms with Gasteiger partial charge in [-0.05, 0) is 52.0 Å². The predicted molar refractivity (Wildman–Crippen MR) is 82.1 cm³/mol. The third-order valence-corrected chi connectivity index (χ3v) is 5.80. The fourth-order valence-corrected chi connectivity index (χ4v) is 4.71. The summed E-state index contributed by atoms with van der Waals surface area (Å²) in [6.07, 6.45) is 5.74. The minimum Gasteiger partial charge on any atom is -0.312 e. The first-order chi connectivity index (χ1) is 8.73. The van der Waals surface area contributed by atoms with E-state index in [1.165, 1.54) is 19.3 Å². The maximum Gasteiger partial charge on any atom is 0.150 e. The van der Waals surface area contributed by atoms with Gasteiger partial charge in [-0.2, -0.15) is 0 Å². The Kier molecular flexibility index (Phi) is 6.31. The quantitative estimate of drug-likeness (QED) is 0.733. The predicted octanol–water partition coefficient (Wildman–Crippen LogP) is 3.01. The Morgan fingerprint density at radius 2 is 1.95 bits per heavy atom. The highest BCUT2D eigenvalue weighted by Crippen LogP contribution is 2.29. The summed E-state index contributed by atoms with van der Waals surface area (Å²) in [4.78, 5) is 0. The number of rotatable bonds is 7. The molecule has 0 aromatic carbocycles. The van der Waals surface area contributed by atoms with E-state index in [1.807, 2.05) is 0 Å². The van der Waals surface area contributed by atoms with Crippen molar-refractivity contribution >= 4 is 9.84 Å². The van der Waals surface area contributed by atoms with Crippen LogP contribution in [0.2, 0.25) is 0 Å². The molecule has 19 heavy (non-hydrogen) atoms. The lowest BCUT2D eigenvalue weighted by atomic mass is 9.86. The normalized spacial score (nSPS) is 24.5. The molecule has 0 amide bonds. The van der Waals surface area contributed by atoms with Gasteiger partial charge in [-0.15, -0.1) is 0 Å². The van der Waals surface area contributed by atoms with Gasteiger partial charge in [-0.3, -0.25) is 0 Å². The summed E-state index contributed by atoms with van der Waals surface area (Å²) in [7, 11) is -2.75. The molecule has 0 aliphatic carbocycles. The maximum atomic E-state index is 11.7. The molecule has 2 atom stereocenters. The lowest BCUT2D eigenvalue weighted by Gasteiger charge is -2.28. The van der Waals surface area contributed by atoms with E-state index in [4.69, 9.17) is 0 Å². The molecular formula is C15H31NO2S. The highest BCUT2D eigenvalue weighted by molar-refractivity contribution is 7.91. The summed E-state index contributed by atoms with van der Waals surface area (Å²) in [5.74, 6) is 1.70. The second kappa shape index (κ2) is 7.07. The van der Waals surface area contributed by atoms with Gasteiger partial charge in [0.15, 0.2) is 9.84 Å². The number of hydrogen-bond donors (Lipinski definition) is 1. The molecular weight excluding hydrogens is 258 g/mol. The van der Waals surface area contributed by atoms with Gasteiger partial charge in [0, 0.05) is 5.54 Å². The first kappa shape index (κ1) is 17.0. The van der Waals surface area contributed by atoms with E-state index in [0.717, 1.165) is 19.4 Å². The van der Waals surface area contributed by atoms with E-state index in [-0.39, 0.29) is 5.54 Å². The molecule has 114 valence electrons. The summed E-state index contributed by atoms with van der Waals surface area (Å²) in [6.45, 7) is 9.67. The van der Waals surface area contributed by atoms with Crippen molar-refractivity contribution in [1.82, 2.24) is 5.32 Å². The molecule has 4 heteroatoms. The lowest BCUT2D eigenvalue weighted by Crippen LogP contribution is -2.41. The van der Waals surface area contributed by atoms with Crippen LogP contribution in [-0.2, 0) is 9.84 Å². The van der Waals surface area contributed by atoms with E-state index in [2.05, 4.69) is 33.0 Å². The van der Waals surface area contributed by atoms with Gasteiger partial charge < -0.3 is 5.32 Å². The topological polar surface area (TPSA) is 46.2 Å². The van der Waals surface area contributed by atoms with Gasteiger partial charge in [0.05, 0.1) is 11.5 Å². The Balaban J connectivity index is 2.54. The third kappa shape index (κ3) is 6.75. The van der Waals surface area contributed by atoms with Crippen molar-refractivity contribution < 1.29 is 8.42 Å². The highest BCUT2D eigenvalue weighted by Gasteiger charge is 2.33. The second-order valence-electron chi connectivity index (χ2n) is 7.05. The summed E-state index contributed by atoms with van der Waals surface area (Å²) >= 11 is 0. The van der Waals surface area contributed by atoms with Crippen LogP contribution in [0.4, 0.5) is 0 Å². The number of sulfone groups is 1. The molecule has 1 rings (SSSR count). The fraction of sp³-hybridized carbons (Fsp3) is 1.00. The lowest BCUT2D eigenvalue weighted by molar-refractivity contribution is 0.282. The molecule has 2 unspecified atom stereocenters. The summed E-state index contributed by atoms with van der Waals surface area (Å²) in [5.41, 5.74) is 0.112. The summed E-state index contributed by atoms with van der Waals surface area (Å²) in [5, 5.41) is 3.56. The molecule has 0 saturated carbocycles. The largest absolute Gasteiger partial charge is 0.312 e. The smallest absolute Gasteiger partial charge is 0.150 e. The molecule has 3 nitrogen and oxygen atoms in total. The molecule has 0 spiro atoms. The number of nitrogens with one attached hydrogen (secondary N) is 1. The molecule has 1 N–H and O–H groups in total. The van der Waals surface area contributed by atoms with Crippen LogP contribution in [0, 0.1) is 11.8 Å². The zero-order valence-corrected chi connectivity index (χ0v) is 13.9. The van der Waals surface area contributed by atoms with Crippen molar-refractivity contribution in [2.24, 2.45) is 11.8 Å². The molecule has 1 aliphatic heterocycles. The van der Waals surface area contributed by atoms with E-state index >= 15 is 0 Å². The van der Waals surface area contributed by atoms with Gasteiger partial charge >= 0.3 is 0 Å². The molecule has 1 saturated heterocycles. The number of hydrogen-bond acceptors (Lipinski definition) is 3. The molecule has 0 bridgehead atoms. The zero-order valence-electron chi connectivity index (χ0n) is 13.0. The first-order valence-corrected chi connectivity index (χ1v) is 9.51. The van der Waals surface area contributed by atoms with Gasteiger partial charge in [-0.1, -0.05) is 26.2 Å². The van der Waals surface area contributed by atoms with E-state index < -0.39 is 9.84 Å². The minimum absolute atomic E-state index is 0.112. The van der Waals surface area contributed by atoms with Gasteiger partial charge in [0.25, 0.3) is 0 Å². The van der Waals surface area contributed by atoms with Crippen molar-refractivity contribution in [2.75, 3.05) is 18.1 Å². The van der Waals surface area contributed by atoms with Crippen molar-refractivity contribution in [3.63, 3.8) is 0 Å². The van der Waals surface area contributed by atoms with Crippen LogP contribution in [0.15, 0.2) is 0 Å². The van der Waals surface area contributed by atoms with Crippen molar-refractivity contribution in [1.29, 1.82) is 0 Å². The molecule has 0 radical (unpaired) electrons. The highest BCUT2D eigenvalue weighted by atomic mass is 32.2. The van der Waals surface area contributed by atoms with Crippen LogP contribution >= 0.6 is 0 Å². The van der Waals surface area contributed by atoms with Gasteiger partial charge in [-0.25, -0.2) is 8.42 Å². The second-order valence-corrected chi connectivity index (χ2v) is 9.28. The van der Waals surface area contributed by atoms with Crippen molar-refractivity contribution in [3.05, 3.63) is 0 Å². The van der Waals surface area contributed by atoms with Crippen LogP contribution in [0.1, 0.15) is 59.8 Å². The van der Waals surface area contributed by atoms with Crippen LogP contribution in [0.5, 0.6) is 0 Å². The Labute approximate surface area is 119 Å². The molecule has 1 fully saturated rings. The van der Waals surface area contributed by atoms with Gasteiger partial charge in [0.2, 0.25) is 0 Å². The van der Waals surface area contributed by atoms with Crippen LogP contribution in [-0.4, -0.2) is 32.0 Å². The fourth-order valence-electron chi connectivity index (χ4n) is 2.79. The summed E-state index contributed by atoms with van der Waals surface area (Å²) < 4.78 is 23.3. The molecule has 0 aromatic heterocycles. The molecule has 1 aliphatic rings. The number of unbranched alkanes of at least 4 members (excludes halogenated alkanes) is 2. The van der Waals surface area contributed by atoms with E-state index in [1.54, 1.807) is 0 Å². The Bertz CT molecular complexity index is 357.